The van der Waals surface area contributed by atoms with Gasteiger partial charge in [0.2, 0.25) is 0 Å². The zero-order chi connectivity index (χ0) is 12.5. The number of pyridine rings is 1. The van der Waals surface area contributed by atoms with E-state index in [0.717, 1.165) is 0 Å². The molecule has 1 N–H and O–H groups in total. The molecule has 3 nitrogen and oxygen atoms in total. The van der Waals surface area contributed by atoms with Crippen LogP contribution < -0.4 is 0 Å². The number of nitrogens with zero attached hydrogens (tertiary/aromatic N) is 1. The maximum absolute atomic E-state index is 12.3. The van der Waals surface area contributed by atoms with E-state index in [1.54, 1.807) is 0 Å². The molecule has 0 amide bonds. The summed E-state index contributed by atoms with van der Waals surface area (Å²) in [6, 6.07) is 0. The average Bonchev–Trinajstić information content (AvgIpc) is 2.14. The molecule has 1 aromatic heterocycles. The van der Waals surface area contributed by atoms with Gasteiger partial charge in [-0.05, 0) is 0 Å². The van der Waals surface area contributed by atoms with Crippen LogP contribution in [0.3, 0.4) is 0 Å². The van der Waals surface area contributed by atoms with Gasteiger partial charge in [-0.2, -0.15) is 13.2 Å². The van der Waals surface area contributed by atoms with Crippen molar-refractivity contribution in [1.29, 1.82) is 0 Å². The molecule has 1 rings (SSSR count). The number of halogens is 5. The molecule has 0 spiro atoms. The number of aromatic hydroxyl groups is 1. The van der Waals surface area contributed by atoms with Crippen molar-refractivity contribution >= 4 is 6.29 Å². The van der Waals surface area contributed by atoms with Gasteiger partial charge in [0.15, 0.2) is 12.0 Å². The molecule has 0 aliphatic carbocycles. The van der Waals surface area contributed by atoms with Crippen LogP contribution in [0, 0.1) is 0 Å². The number of aldehydes is 1. The first kappa shape index (κ1) is 12.3. The molecule has 8 heteroatoms. The van der Waals surface area contributed by atoms with Gasteiger partial charge >= 0.3 is 6.18 Å². The summed E-state index contributed by atoms with van der Waals surface area (Å²) in [5, 5.41) is 8.91. The maximum Gasteiger partial charge on any atom is 0.434 e. The highest BCUT2D eigenvalue weighted by Crippen LogP contribution is 2.37. The molecule has 16 heavy (non-hydrogen) atoms. The molecule has 88 valence electrons. The Balaban J connectivity index is 3.56. The fourth-order valence-electron chi connectivity index (χ4n) is 1.10. The van der Waals surface area contributed by atoms with Gasteiger partial charge in [0.05, 0.1) is 17.3 Å². The summed E-state index contributed by atoms with van der Waals surface area (Å²) in [5.74, 6) is -1.15. The Bertz CT molecular complexity index is 416. The second kappa shape index (κ2) is 4.03. The lowest BCUT2D eigenvalue weighted by atomic mass is 10.1. The predicted molar refractivity (Wildman–Crippen MR) is 41.2 cm³/mol. The summed E-state index contributed by atoms with van der Waals surface area (Å²) in [7, 11) is 0. The van der Waals surface area contributed by atoms with Crippen molar-refractivity contribution in [2.75, 3.05) is 0 Å². The van der Waals surface area contributed by atoms with Crippen molar-refractivity contribution in [1.82, 2.24) is 4.98 Å². The minimum atomic E-state index is -5.03. The van der Waals surface area contributed by atoms with Crippen molar-refractivity contribution in [3.05, 3.63) is 23.0 Å². The fraction of sp³-hybridized carbons (Fsp3) is 0.250. The Hall–Kier alpha value is -1.73. The van der Waals surface area contributed by atoms with Crippen LogP contribution >= 0.6 is 0 Å². The summed E-state index contributed by atoms with van der Waals surface area (Å²) in [5.41, 5.74) is -4.45. The molecule has 0 fully saturated rings. The second-order valence-corrected chi connectivity index (χ2v) is 2.74. The SMILES string of the molecule is O=Cc1c(C(F)(F)F)ncc(O)c1C(F)F. The summed E-state index contributed by atoms with van der Waals surface area (Å²) < 4.78 is 61.4. The molecular formula is C8H4F5NO2. The van der Waals surface area contributed by atoms with Gasteiger partial charge in [0.25, 0.3) is 6.43 Å². The lowest BCUT2D eigenvalue weighted by Crippen LogP contribution is -2.14. The highest BCUT2D eigenvalue weighted by atomic mass is 19.4. The van der Waals surface area contributed by atoms with Crippen LogP contribution in [0.15, 0.2) is 6.20 Å². The van der Waals surface area contributed by atoms with E-state index in [-0.39, 0.29) is 6.20 Å². The third-order valence-electron chi connectivity index (χ3n) is 1.74. The van der Waals surface area contributed by atoms with Crippen LogP contribution in [-0.2, 0) is 6.18 Å². The first-order valence-electron chi connectivity index (χ1n) is 3.81. The van der Waals surface area contributed by atoms with Crippen LogP contribution in [0.5, 0.6) is 5.75 Å². The Morgan fingerprint density at radius 3 is 2.31 bits per heavy atom. The molecule has 0 radical (unpaired) electrons. The quantitative estimate of drug-likeness (QED) is 0.639. The largest absolute Gasteiger partial charge is 0.506 e. The van der Waals surface area contributed by atoms with E-state index < -0.39 is 41.5 Å². The van der Waals surface area contributed by atoms with E-state index >= 15 is 0 Å². The summed E-state index contributed by atoms with van der Waals surface area (Å²) in [6.07, 6.45) is -8.61. The normalized spacial score (nSPS) is 11.9. The van der Waals surface area contributed by atoms with E-state index in [0.29, 0.717) is 0 Å². The molecule has 0 bridgehead atoms. The molecule has 0 unspecified atom stereocenters. The van der Waals surface area contributed by atoms with E-state index in [2.05, 4.69) is 4.98 Å². The lowest BCUT2D eigenvalue weighted by molar-refractivity contribution is -0.141. The molecule has 0 aliphatic rings. The van der Waals surface area contributed by atoms with Gasteiger partial charge in [-0.1, -0.05) is 0 Å². The number of hydrogen-bond donors (Lipinski definition) is 1. The van der Waals surface area contributed by atoms with E-state index in [1.165, 1.54) is 0 Å². The van der Waals surface area contributed by atoms with Crippen LogP contribution in [0.2, 0.25) is 0 Å². The highest BCUT2D eigenvalue weighted by molar-refractivity contribution is 5.80. The first-order chi connectivity index (χ1) is 7.29. The van der Waals surface area contributed by atoms with Crippen molar-refractivity contribution in [3.8, 4) is 5.75 Å². The van der Waals surface area contributed by atoms with Gasteiger partial charge in [0.1, 0.15) is 5.75 Å². The van der Waals surface area contributed by atoms with E-state index in [4.69, 9.17) is 5.11 Å². The van der Waals surface area contributed by atoms with Crippen molar-refractivity contribution in [2.24, 2.45) is 0 Å². The van der Waals surface area contributed by atoms with Crippen molar-refractivity contribution < 1.29 is 31.9 Å². The van der Waals surface area contributed by atoms with Gasteiger partial charge in [-0.15, -0.1) is 0 Å². The summed E-state index contributed by atoms with van der Waals surface area (Å²) in [6.45, 7) is 0. The Labute approximate surface area is 85.5 Å². The molecule has 1 aromatic rings. The predicted octanol–water partition coefficient (Wildman–Crippen LogP) is 2.56. The molecule has 0 saturated heterocycles. The Kier molecular flexibility index (Phi) is 3.11. The van der Waals surface area contributed by atoms with Crippen molar-refractivity contribution in [3.63, 3.8) is 0 Å². The Morgan fingerprint density at radius 2 is 1.94 bits per heavy atom. The minimum absolute atomic E-state index is 0.233. The molecule has 0 aliphatic heterocycles. The molecule has 1 heterocycles. The standard InChI is InChI=1S/C8H4F5NO2/c9-7(10)5-3(2-15)6(8(11,12)13)14-1-4(5)16/h1-2,7,16H. The third-order valence-corrected chi connectivity index (χ3v) is 1.74. The molecule has 0 aromatic carbocycles. The minimum Gasteiger partial charge on any atom is -0.506 e. The topological polar surface area (TPSA) is 50.2 Å². The van der Waals surface area contributed by atoms with Crippen LogP contribution in [0.25, 0.3) is 0 Å². The number of hydrogen-bond acceptors (Lipinski definition) is 3. The smallest absolute Gasteiger partial charge is 0.434 e. The van der Waals surface area contributed by atoms with Crippen LogP contribution in [0.1, 0.15) is 28.0 Å². The number of carbonyl (C=O) groups is 1. The van der Waals surface area contributed by atoms with Crippen molar-refractivity contribution in [2.45, 2.75) is 12.6 Å². The highest BCUT2D eigenvalue weighted by Gasteiger charge is 2.38. The first-order valence-corrected chi connectivity index (χ1v) is 3.81. The monoisotopic (exact) mass is 241 g/mol. The van der Waals surface area contributed by atoms with Gasteiger partial charge in [-0.25, -0.2) is 13.8 Å². The molecule has 0 atom stereocenters. The fourth-order valence-corrected chi connectivity index (χ4v) is 1.10. The summed E-state index contributed by atoms with van der Waals surface area (Å²) in [4.78, 5) is 13.1. The molecule has 0 saturated carbocycles. The van der Waals surface area contributed by atoms with Gasteiger partial charge in [-0.3, -0.25) is 4.79 Å². The average molecular weight is 241 g/mol. The number of rotatable bonds is 2. The number of carbonyl (C=O) groups excluding carboxylic acids is 1. The lowest BCUT2D eigenvalue weighted by Gasteiger charge is -2.12. The zero-order valence-corrected chi connectivity index (χ0v) is 7.42. The van der Waals surface area contributed by atoms with Gasteiger partial charge < -0.3 is 5.11 Å². The van der Waals surface area contributed by atoms with E-state index in [1.807, 2.05) is 0 Å². The van der Waals surface area contributed by atoms with E-state index in [9.17, 15) is 26.7 Å². The van der Waals surface area contributed by atoms with Gasteiger partial charge in [0, 0.05) is 0 Å². The second-order valence-electron chi connectivity index (χ2n) is 2.74. The Morgan fingerprint density at radius 1 is 1.38 bits per heavy atom. The summed E-state index contributed by atoms with van der Waals surface area (Å²) >= 11 is 0. The van der Waals surface area contributed by atoms with Crippen LogP contribution in [-0.4, -0.2) is 16.4 Å². The molecular weight excluding hydrogens is 237 g/mol. The number of alkyl halides is 5. The maximum atomic E-state index is 12.3. The zero-order valence-electron chi connectivity index (χ0n) is 7.42. The third kappa shape index (κ3) is 2.10. The number of aromatic nitrogens is 1. The van der Waals surface area contributed by atoms with Crippen LogP contribution in [0.4, 0.5) is 22.0 Å².